The van der Waals surface area contributed by atoms with Crippen molar-refractivity contribution in [3.63, 3.8) is 0 Å². The van der Waals surface area contributed by atoms with E-state index in [1.54, 1.807) is 25.1 Å². The van der Waals surface area contributed by atoms with Gasteiger partial charge in [-0.15, -0.1) is 0 Å². The quantitative estimate of drug-likeness (QED) is 0.751. The van der Waals surface area contributed by atoms with Crippen molar-refractivity contribution in [3.05, 3.63) is 29.3 Å². The van der Waals surface area contributed by atoms with Crippen molar-refractivity contribution in [1.82, 2.24) is 0 Å². The molecule has 0 unspecified atom stereocenters. The number of hydrogen-bond donors (Lipinski definition) is 2. The summed E-state index contributed by atoms with van der Waals surface area (Å²) >= 11 is 0. The molecule has 0 saturated heterocycles. The van der Waals surface area contributed by atoms with E-state index < -0.39 is 11.4 Å². The Morgan fingerprint density at radius 3 is 2.57 bits per heavy atom. The average molecular weight is 192 g/mol. The van der Waals surface area contributed by atoms with Gasteiger partial charge in [0, 0.05) is 0 Å². The maximum atomic E-state index is 11.1. The zero-order chi connectivity index (χ0) is 10.3. The van der Waals surface area contributed by atoms with Gasteiger partial charge in [-0.1, -0.05) is 12.1 Å². The first-order chi connectivity index (χ1) is 6.58. The van der Waals surface area contributed by atoms with Crippen molar-refractivity contribution in [1.29, 1.82) is 0 Å². The first-order valence-corrected chi connectivity index (χ1v) is 4.60. The summed E-state index contributed by atoms with van der Waals surface area (Å²) < 4.78 is 0. The molecule has 0 radical (unpaired) electrons. The molecule has 3 nitrogen and oxygen atoms in total. The van der Waals surface area contributed by atoms with Crippen molar-refractivity contribution in [3.8, 4) is 5.75 Å². The molecule has 14 heavy (non-hydrogen) atoms. The fourth-order valence-electron chi connectivity index (χ4n) is 1.87. The molecule has 0 aliphatic heterocycles. The van der Waals surface area contributed by atoms with Gasteiger partial charge in [0.2, 0.25) is 0 Å². The van der Waals surface area contributed by atoms with Crippen LogP contribution >= 0.6 is 0 Å². The number of benzene rings is 1. The second-order valence-corrected chi connectivity index (χ2v) is 3.84. The van der Waals surface area contributed by atoms with E-state index in [9.17, 15) is 9.90 Å². The molecule has 0 aromatic heterocycles. The van der Waals surface area contributed by atoms with Crippen molar-refractivity contribution < 1.29 is 15.0 Å². The van der Waals surface area contributed by atoms with Crippen LogP contribution < -0.4 is 0 Å². The van der Waals surface area contributed by atoms with Crippen molar-refractivity contribution >= 4 is 5.97 Å². The lowest BCUT2D eigenvalue weighted by molar-refractivity contribution is -0.140. The van der Waals surface area contributed by atoms with Gasteiger partial charge in [0.25, 0.3) is 0 Å². The third-order valence-electron chi connectivity index (χ3n) is 2.98. The van der Waals surface area contributed by atoms with Crippen LogP contribution in [0.25, 0.3) is 0 Å². The van der Waals surface area contributed by atoms with Crippen molar-refractivity contribution in [2.45, 2.75) is 25.2 Å². The minimum absolute atomic E-state index is 0.176. The first kappa shape index (κ1) is 9.06. The minimum atomic E-state index is -0.786. The third kappa shape index (κ3) is 1.09. The monoisotopic (exact) mass is 192 g/mol. The van der Waals surface area contributed by atoms with Crippen LogP contribution in [-0.2, 0) is 10.2 Å². The summed E-state index contributed by atoms with van der Waals surface area (Å²) in [5.74, 6) is -0.610. The van der Waals surface area contributed by atoms with Crippen LogP contribution in [0, 0.1) is 6.92 Å². The summed E-state index contributed by atoms with van der Waals surface area (Å²) in [6.45, 7) is 1.76. The number of aliphatic carboxylic acids is 1. The molecule has 1 aromatic rings. The number of hydrogen-bond acceptors (Lipinski definition) is 2. The molecule has 0 atom stereocenters. The number of carbonyl (C=O) groups is 1. The number of phenolic OH excluding ortho intramolecular Hbond substituents is 1. The van der Waals surface area contributed by atoms with Crippen LogP contribution in [0.3, 0.4) is 0 Å². The molecule has 0 spiro atoms. The third-order valence-corrected chi connectivity index (χ3v) is 2.98. The van der Waals surface area contributed by atoms with E-state index in [-0.39, 0.29) is 5.75 Å². The Balaban J connectivity index is 2.52. The van der Waals surface area contributed by atoms with Crippen LogP contribution in [0.4, 0.5) is 0 Å². The molecule has 1 aromatic carbocycles. The molecule has 0 heterocycles. The van der Waals surface area contributed by atoms with E-state index in [0.717, 1.165) is 5.56 Å². The number of carboxylic acids is 1. The Labute approximate surface area is 82.0 Å². The van der Waals surface area contributed by atoms with E-state index in [2.05, 4.69) is 0 Å². The Morgan fingerprint density at radius 2 is 2.07 bits per heavy atom. The van der Waals surface area contributed by atoms with Gasteiger partial charge >= 0.3 is 5.97 Å². The summed E-state index contributed by atoms with van der Waals surface area (Å²) in [6, 6.07) is 5.06. The molecule has 1 aliphatic rings. The van der Waals surface area contributed by atoms with Crippen LogP contribution in [0.5, 0.6) is 5.75 Å². The highest BCUT2D eigenvalue weighted by atomic mass is 16.4. The summed E-state index contributed by atoms with van der Waals surface area (Å²) in [5, 5.41) is 18.6. The maximum Gasteiger partial charge on any atom is 0.314 e. The molecule has 2 rings (SSSR count). The topological polar surface area (TPSA) is 57.5 Å². The number of carboxylic acid groups (broad SMARTS) is 1. The molecular weight excluding hydrogens is 180 g/mol. The van der Waals surface area contributed by atoms with E-state index in [1.807, 2.05) is 0 Å². The Morgan fingerprint density at radius 1 is 1.43 bits per heavy atom. The van der Waals surface area contributed by atoms with E-state index in [1.165, 1.54) is 0 Å². The molecule has 3 heteroatoms. The summed E-state index contributed by atoms with van der Waals surface area (Å²) in [4.78, 5) is 11.1. The van der Waals surface area contributed by atoms with Crippen molar-refractivity contribution in [2.75, 3.05) is 0 Å². The summed E-state index contributed by atoms with van der Waals surface area (Å²) in [7, 11) is 0. The number of aromatic hydroxyl groups is 1. The molecular formula is C11H12O3. The SMILES string of the molecule is Cc1c(O)cccc1C1(C(=O)O)CC1. The van der Waals surface area contributed by atoms with Gasteiger partial charge in [0.15, 0.2) is 0 Å². The van der Waals surface area contributed by atoms with Crippen molar-refractivity contribution in [2.24, 2.45) is 0 Å². The molecule has 1 aliphatic carbocycles. The van der Waals surface area contributed by atoms with Gasteiger partial charge in [0.1, 0.15) is 5.75 Å². The van der Waals surface area contributed by atoms with Crippen LogP contribution in [-0.4, -0.2) is 16.2 Å². The van der Waals surface area contributed by atoms with Gasteiger partial charge in [0.05, 0.1) is 5.41 Å². The highest BCUT2D eigenvalue weighted by Crippen LogP contribution is 2.50. The maximum absolute atomic E-state index is 11.1. The molecule has 74 valence electrons. The van der Waals surface area contributed by atoms with E-state index in [4.69, 9.17) is 5.11 Å². The number of phenols is 1. The highest BCUT2D eigenvalue weighted by Gasteiger charge is 2.52. The van der Waals surface area contributed by atoms with Gasteiger partial charge in [-0.3, -0.25) is 4.79 Å². The minimum Gasteiger partial charge on any atom is -0.508 e. The van der Waals surface area contributed by atoms with Crippen LogP contribution in [0.15, 0.2) is 18.2 Å². The standard InChI is InChI=1S/C11H12O3/c1-7-8(3-2-4-9(7)12)11(5-6-11)10(13)14/h2-4,12H,5-6H2,1H3,(H,13,14). The fourth-order valence-corrected chi connectivity index (χ4v) is 1.87. The highest BCUT2D eigenvalue weighted by molar-refractivity contribution is 5.85. The molecule has 2 N–H and O–H groups in total. The Kier molecular flexibility index (Phi) is 1.77. The summed E-state index contributed by atoms with van der Waals surface area (Å²) in [6.07, 6.45) is 1.35. The first-order valence-electron chi connectivity index (χ1n) is 4.60. The second-order valence-electron chi connectivity index (χ2n) is 3.84. The van der Waals surface area contributed by atoms with Crippen LogP contribution in [0.2, 0.25) is 0 Å². The molecule has 0 bridgehead atoms. The second kappa shape index (κ2) is 2.74. The normalized spacial score (nSPS) is 17.8. The summed E-state index contributed by atoms with van der Waals surface area (Å²) in [5.41, 5.74) is 0.723. The molecule has 1 saturated carbocycles. The fraction of sp³-hybridized carbons (Fsp3) is 0.364. The zero-order valence-electron chi connectivity index (χ0n) is 7.95. The van der Waals surface area contributed by atoms with E-state index in [0.29, 0.717) is 18.4 Å². The Hall–Kier alpha value is -1.51. The zero-order valence-corrected chi connectivity index (χ0v) is 7.95. The lowest BCUT2D eigenvalue weighted by Crippen LogP contribution is -2.20. The van der Waals surface area contributed by atoms with Gasteiger partial charge in [-0.2, -0.15) is 0 Å². The predicted octanol–water partition coefficient (Wildman–Crippen LogP) is 1.82. The molecule has 0 amide bonds. The van der Waals surface area contributed by atoms with Gasteiger partial charge < -0.3 is 10.2 Å². The van der Waals surface area contributed by atoms with Gasteiger partial charge in [-0.05, 0) is 37.0 Å². The average Bonchev–Trinajstić information content (AvgIpc) is 2.90. The van der Waals surface area contributed by atoms with Gasteiger partial charge in [-0.25, -0.2) is 0 Å². The van der Waals surface area contributed by atoms with E-state index >= 15 is 0 Å². The molecule has 1 fully saturated rings. The smallest absolute Gasteiger partial charge is 0.314 e. The number of rotatable bonds is 2. The lowest BCUT2D eigenvalue weighted by atomic mass is 9.91. The lowest BCUT2D eigenvalue weighted by Gasteiger charge is -2.13. The Bertz CT molecular complexity index is 392. The van der Waals surface area contributed by atoms with Crippen LogP contribution in [0.1, 0.15) is 24.0 Å². The predicted molar refractivity (Wildman–Crippen MR) is 51.4 cm³/mol. The largest absolute Gasteiger partial charge is 0.508 e.